The summed E-state index contributed by atoms with van der Waals surface area (Å²) in [5, 5.41) is 2.57. The molecule has 1 amide bonds. The Morgan fingerprint density at radius 3 is 2.50 bits per heavy atom. The van der Waals surface area contributed by atoms with Crippen LogP contribution < -0.4 is 15.8 Å². The topological polar surface area (TPSA) is 112 Å². The SMILES string of the molecule is COC[C@@]1(C)SC(N)=N[C@](C)(c2cc(NC(=O)c3cnc(OCC(F)(F)F)cn3)cc(F)c2F)[C@@H]1C. The van der Waals surface area contributed by atoms with E-state index in [2.05, 4.69) is 25.0 Å². The third-order valence-electron chi connectivity index (χ3n) is 5.95. The van der Waals surface area contributed by atoms with E-state index in [9.17, 15) is 22.4 Å². The molecule has 0 radical (unpaired) electrons. The Morgan fingerprint density at radius 1 is 1.22 bits per heavy atom. The van der Waals surface area contributed by atoms with Gasteiger partial charge in [0.05, 0.1) is 24.5 Å². The molecule has 196 valence electrons. The number of methoxy groups -OCH3 is 1. The van der Waals surface area contributed by atoms with Crippen LogP contribution in [0.25, 0.3) is 0 Å². The minimum absolute atomic E-state index is 0.0954. The van der Waals surface area contributed by atoms with Gasteiger partial charge in [-0.05, 0) is 19.9 Å². The summed E-state index contributed by atoms with van der Waals surface area (Å²) in [5.41, 5.74) is 4.23. The predicted molar refractivity (Wildman–Crippen MR) is 124 cm³/mol. The number of amidine groups is 1. The van der Waals surface area contributed by atoms with E-state index in [1.54, 1.807) is 6.92 Å². The second kappa shape index (κ2) is 10.2. The van der Waals surface area contributed by atoms with Crippen LogP contribution in [-0.4, -0.2) is 52.3 Å². The molecule has 0 saturated heterocycles. The molecule has 1 aliphatic heterocycles. The minimum atomic E-state index is -4.57. The Hall–Kier alpha value is -3.00. The molecule has 0 aliphatic carbocycles. The first-order valence-corrected chi connectivity index (χ1v) is 11.4. The van der Waals surface area contributed by atoms with Crippen molar-refractivity contribution in [3.8, 4) is 5.88 Å². The van der Waals surface area contributed by atoms with E-state index in [4.69, 9.17) is 10.5 Å². The molecule has 3 atom stereocenters. The second-order valence-electron chi connectivity index (χ2n) is 8.58. The summed E-state index contributed by atoms with van der Waals surface area (Å²) < 4.78 is 75.6. The Balaban J connectivity index is 1.89. The first kappa shape index (κ1) is 27.6. The van der Waals surface area contributed by atoms with Gasteiger partial charge < -0.3 is 20.5 Å². The van der Waals surface area contributed by atoms with Crippen LogP contribution in [-0.2, 0) is 10.3 Å². The molecule has 0 bridgehead atoms. The fourth-order valence-corrected chi connectivity index (χ4v) is 5.19. The van der Waals surface area contributed by atoms with E-state index in [0.717, 1.165) is 18.5 Å². The van der Waals surface area contributed by atoms with Crippen molar-refractivity contribution in [3.63, 3.8) is 0 Å². The zero-order valence-electron chi connectivity index (χ0n) is 19.7. The van der Waals surface area contributed by atoms with Crippen LogP contribution in [0, 0.1) is 17.6 Å². The van der Waals surface area contributed by atoms with Gasteiger partial charge in [-0.25, -0.2) is 18.7 Å². The predicted octanol–water partition coefficient (Wildman–Crippen LogP) is 4.27. The number of nitrogens with zero attached hydrogens (tertiary/aromatic N) is 3. The molecule has 36 heavy (non-hydrogen) atoms. The fourth-order valence-electron chi connectivity index (χ4n) is 3.89. The van der Waals surface area contributed by atoms with Crippen LogP contribution >= 0.6 is 11.8 Å². The van der Waals surface area contributed by atoms with Crippen LogP contribution in [0.3, 0.4) is 0 Å². The quantitative estimate of drug-likeness (QED) is 0.512. The number of benzene rings is 1. The number of ether oxygens (including phenoxy) is 2. The molecule has 0 spiro atoms. The molecule has 0 unspecified atom stereocenters. The average molecular weight is 534 g/mol. The summed E-state index contributed by atoms with van der Waals surface area (Å²) in [6, 6.07) is 2.04. The van der Waals surface area contributed by atoms with Crippen LogP contribution in [0.1, 0.15) is 36.8 Å². The van der Waals surface area contributed by atoms with Crippen molar-refractivity contribution in [1.29, 1.82) is 0 Å². The van der Waals surface area contributed by atoms with Crippen LogP contribution in [0.4, 0.5) is 27.6 Å². The molecule has 8 nitrogen and oxygen atoms in total. The highest BCUT2D eigenvalue weighted by Crippen LogP contribution is 2.50. The minimum Gasteiger partial charge on any atom is -0.467 e. The second-order valence-corrected chi connectivity index (χ2v) is 10.1. The number of aromatic nitrogens is 2. The van der Waals surface area contributed by atoms with E-state index >= 15 is 4.39 Å². The summed E-state index contributed by atoms with van der Waals surface area (Å²) in [4.78, 5) is 24.3. The van der Waals surface area contributed by atoms with Crippen LogP contribution in [0.5, 0.6) is 5.88 Å². The van der Waals surface area contributed by atoms with Gasteiger partial charge in [-0.15, -0.1) is 0 Å². The van der Waals surface area contributed by atoms with Crippen LogP contribution in [0.15, 0.2) is 29.5 Å². The number of nitrogens with two attached hydrogens (primary N) is 1. The molecule has 2 heterocycles. The van der Waals surface area contributed by atoms with E-state index in [1.165, 1.54) is 24.9 Å². The Bertz CT molecular complexity index is 1160. The Kier molecular flexibility index (Phi) is 7.79. The highest BCUT2D eigenvalue weighted by molar-refractivity contribution is 8.15. The number of thioether (sulfide) groups is 1. The number of hydrogen-bond donors (Lipinski definition) is 2. The monoisotopic (exact) mass is 533 g/mol. The maximum Gasteiger partial charge on any atom is 0.422 e. The van der Waals surface area contributed by atoms with Crippen molar-refractivity contribution in [2.24, 2.45) is 16.6 Å². The standard InChI is InChI=1S/C22H24F5N5O3S/c1-11-20(2,9-34-4)36-19(28)32-21(11,3)13-5-12(6-14(23)17(13)24)31-18(33)15-7-30-16(8-29-15)35-10-22(25,26)27/h5-8,11H,9-10H2,1-4H3,(H2,28,32)(H,31,33)/t11-,20-,21+/m1/s1. The molecule has 3 N–H and O–H groups in total. The lowest BCUT2D eigenvalue weighted by molar-refractivity contribution is -0.154. The lowest BCUT2D eigenvalue weighted by Gasteiger charge is -2.47. The van der Waals surface area contributed by atoms with Crippen molar-refractivity contribution in [3.05, 3.63) is 47.4 Å². The van der Waals surface area contributed by atoms with E-state index in [1.807, 2.05) is 13.8 Å². The summed E-state index contributed by atoms with van der Waals surface area (Å²) >= 11 is 1.28. The van der Waals surface area contributed by atoms with Gasteiger partial charge in [0.25, 0.3) is 5.91 Å². The molecule has 0 saturated carbocycles. The summed E-state index contributed by atoms with van der Waals surface area (Å²) in [5.74, 6) is -4.04. The van der Waals surface area contributed by atoms with Crippen molar-refractivity contribution in [1.82, 2.24) is 9.97 Å². The lowest BCUT2D eigenvalue weighted by atomic mass is 9.74. The third-order valence-corrected chi connectivity index (χ3v) is 7.18. The maximum atomic E-state index is 15.1. The van der Waals surface area contributed by atoms with Crippen LogP contribution in [0.2, 0.25) is 0 Å². The number of nitrogens with one attached hydrogen (secondary N) is 1. The molecule has 3 rings (SSSR count). The number of rotatable bonds is 7. The zero-order valence-corrected chi connectivity index (χ0v) is 20.6. The normalized spacial score (nSPS) is 24.2. The van der Waals surface area contributed by atoms with Gasteiger partial charge in [0.15, 0.2) is 23.4 Å². The summed E-state index contributed by atoms with van der Waals surface area (Å²) in [6.45, 7) is 4.02. The number of carbonyl (C=O) groups is 1. The molecule has 2 aromatic rings. The van der Waals surface area contributed by atoms with Crippen molar-refractivity contribution in [2.45, 2.75) is 37.2 Å². The van der Waals surface area contributed by atoms with Gasteiger partial charge in [-0.3, -0.25) is 9.79 Å². The number of aliphatic imine (C=N–C) groups is 1. The molecule has 1 aromatic carbocycles. The van der Waals surface area contributed by atoms with E-state index in [-0.39, 0.29) is 34.6 Å². The number of anilines is 1. The van der Waals surface area contributed by atoms with E-state index in [0.29, 0.717) is 0 Å². The molecule has 1 aliphatic rings. The Morgan fingerprint density at radius 2 is 1.92 bits per heavy atom. The number of carbonyl (C=O) groups excluding carboxylic acids is 1. The van der Waals surface area contributed by atoms with Crippen molar-refractivity contribution >= 4 is 28.5 Å². The molecular formula is C22H24F5N5O3S. The fraction of sp³-hybridized carbons (Fsp3) is 0.455. The number of hydrogen-bond acceptors (Lipinski definition) is 8. The highest BCUT2D eigenvalue weighted by Gasteiger charge is 2.50. The van der Waals surface area contributed by atoms with Gasteiger partial charge in [-0.2, -0.15) is 13.2 Å². The molecule has 0 fully saturated rings. The zero-order chi connectivity index (χ0) is 26.9. The summed E-state index contributed by atoms with van der Waals surface area (Å²) in [7, 11) is 1.52. The molecule has 14 heteroatoms. The van der Waals surface area contributed by atoms with Crippen molar-refractivity contribution < 1.29 is 36.2 Å². The van der Waals surface area contributed by atoms with E-state index < -0.39 is 46.5 Å². The maximum absolute atomic E-state index is 15.1. The van der Waals surface area contributed by atoms with Gasteiger partial charge >= 0.3 is 6.18 Å². The average Bonchev–Trinajstić information content (AvgIpc) is 2.78. The molecule has 1 aromatic heterocycles. The smallest absolute Gasteiger partial charge is 0.422 e. The van der Waals surface area contributed by atoms with Gasteiger partial charge in [0.1, 0.15) is 5.69 Å². The third kappa shape index (κ3) is 5.86. The van der Waals surface area contributed by atoms with Gasteiger partial charge in [0, 0.05) is 35.1 Å². The largest absolute Gasteiger partial charge is 0.467 e. The first-order valence-electron chi connectivity index (χ1n) is 10.5. The van der Waals surface area contributed by atoms with Gasteiger partial charge in [-0.1, -0.05) is 18.7 Å². The van der Waals surface area contributed by atoms with Crippen molar-refractivity contribution in [2.75, 3.05) is 25.6 Å². The highest BCUT2D eigenvalue weighted by atomic mass is 32.2. The summed E-state index contributed by atoms with van der Waals surface area (Å²) in [6.07, 6.45) is -2.83. The number of halogens is 5. The number of amides is 1. The Labute approximate surface area is 207 Å². The first-order chi connectivity index (χ1) is 16.7. The lowest BCUT2D eigenvalue weighted by Crippen LogP contribution is -2.50. The number of alkyl halides is 3. The molecular weight excluding hydrogens is 509 g/mol. The van der Waals surface area contributed by atoms with Gasteiger partial charge in [0.2, 0.25) is 5.88 Å².